The Morgan fingerprint density at radius 1 is 1.06 bits per heavy atom. The van der Waals surface area contributed by atoms with Gasteiger partial charge in [-0.1, -0.05) is 42.1 Å². The summed E-state index contributed by atoms with van der Waals surface area (Å²) in [5.74, 6) is 0.420. The Labute approximate surface area is 204 Å². The summed E-state index contributed by atoms with van der Waals surface area (Å²) in [6.07, 6.45) is 7.97. The van der Waals surface area contributed by atoms with E-state index in [1.165, 1.54) is 5.57 Å². The van der Waals surface area contributed by atoms with Gasteiger partial charge >= 0.3 is 0 Å². The Morgan fingerprint density at radius 3 is 2.26 bits per heavy atom. The van der Waals surface area contributed by atoms with E-state index in [9.17, 15) is 4.79 Å². The molecule has 1 unspecified atom stereocenters. The Morgan fingerprint density at radius 2 is 1.69 bits per heavy atom. The second-order valence-corrected chi connectivity index (χ2v) is 9.17. The highest BCUT2D eigenvalue weighted by molar-refractivity contribution is 5.94. The molecule has 1 amide bonds. The van der Waals surface area contributed by atoms with Crippen LogP contribution in [0.1, 0.15) is 63.3 Å². The standard InChI is InChI=1S/C27H29N7O/c1-16(28)18-9-11-22-19(13-18)7-8-20-14-21(25(35)30-2)10-12-23(20)27(22,26-31-33-34-32-26)15-24(29)17-5-3-4-6-17/h3-4,9-14H,1,5-8,15,28-29H2,2H3,(H,30,35)(H,31,32,33,34). The topological polar surface area (TPSA) is 136 Å². The van der Waals surface area contributed by atoms with Crippen molar-refractivity contribution in [2.24, 2.45) is 11.5 Å². The van der Waals surface area contributed by atoms with E-state index < -0.39 is 5.41 Å². The number of carbonyl (C=O) groups excluding carboxylic acids is 1. The summed E-state index contributed by atoms with van der Waals surface area (Å²) in [5.41, 5.74) is 20.4. The fraction of sp³-hybridized carbons (Fsp3) is 0.259. The van der Waals surface area contributed by atoms with E-state index >= 15 is 0 Å². The van der Waals surface area contributed by atoms with Crippen molar-refractivity contribution in [2.45, 2.75) is 37.5 Å². The van der Waals surface area contributed by atoms with Crippen LogP contribution in [-0.2, 0) is 18.3 Å². The maximum atomic E-state index is 12.5. The molecule has 0 aliphatic heterocycles. The Bertz CT molecular complexity index is 1360. The third kappa shape index (κ3) is 3.80. The lowest BCUT2D eigenvalue weighted by atomic mass is 9.68. The predicted molar refractivity (Wildman–Crippen MR) is 135 cm³/mol. The lowest BCUT2D eigenvalue weighted by Gasteiger charge is -2.34. The van der Waals surface area contributed by atoms with Crippen molar-refractivity contribution < 1.29 is 4.79 Å². The van der Waals surface area contributed by atoms with Crippen LogP contribution in [0.15, 0.2) is 66.4 Å². The minimum atomic E-state index is -0.788. The van der Waals surface area contributed by atoms with Crippen molar-refractivity contribution in [3.05, 3.63) is 106 Å². The molecule has 35 heavy (non-hydrogen) atoms. The number of carbonyl (C=O) groups is 1. The SMILES string of the molecule is C=C(N)c1ccc2c(c1)CCc1cc(C(=O)NC)ccc1C2(CC(N)=C1CC=CC1)c1nn[nH]n1. The monoisotopic (exact) mass is 467 g/mol. The lowest BCUT2D eigenvalue weighted by Crippen LogP contribution is -2.34. The number of aromatic nitrogens is 4. The van der Waals surface area contributed by atoms with Gasteiger partial charge in [-0.2, -0.15) is 5.21 Å². The molecule has 3 aromatic rings. The number of aromatic amines is 1. The van der Waals surface area contributed by atoms with Crippen LogP contribution in [0.5, 0.6) is 0 Å². The van der Waals surface area contributed by atoms with Crippen molar-refractivity contribution in [2.75, 3.05) is 7.05 Å². The first kappa shape index (κ1) is 22.6. The molecule has 0 saturated carbocycles. The molecule has 0 radical (unpaired) electrons. The number of benzene rings is 2. The minimum absolute atomic E-state index is 0.125. The lowest BCUT2D eigenvalue weighted by molar-refractivity contribution is 0.0963. The smallest absolute Gasteiger partial charge is 0.251 e. The summed E-state index contributed by atoms with van der Waals surface area (Å²) in [5, 5.41) is 18.3. The number of nitrogens with two attached hydrogens (primary N) is 2. The molecule has 0 bridgehead atoms. The van der Waals surface area contributed by atoms with Crippen molar-refractivity contribution >= 4 is 11.6 Å². The number of nitrogens with one attached hydrogen (secondary N) is 2. The molecule has 1 aromatic heterocycles. The van der Waals surface area contributed by atoms with Crippen LogP contribution in [0.4, 0.5) is 0 Å². The summed E-state index contributed by atoms with van der Waals surface area (Å²) in [6.45, 7) is 3.92. The van der Waals surface area contributed by atoms with Gasteiger partial charge in [-0.05, 0) is 77.3 Å². The molecule has 2 aliphatic rings. The largest absolute Gasteiger partial charge is 0.402 e. The average molecular weight is 468 g/mol. The van der Waals surface area contributed by atoms with Crippen molar-refractivity contribution in [1.82, 2.24) is 25.9 Å². The van der Waals surface area contributed by atoms with Gasteiger partial charge in [0, 0.05) is 30.4 Å². The van der Waals surface area contributed by atoms with Crippen LogP contribution < -0.4 is 16.8 Å². The molecular weight excluding hydrogens is 438 g/mol. The number of amides is 1. The first-order valence-corrected chi connectivity index (χ1v) is 11.7. The molecule has 5 rings (SSSR count). The van der Waals surface area contributed by atoms with Gasteiger partial charge in [-0.25, -0.2) is 0 Å². The number of allylic oxidation sites excluding steroid dienone is 4. The molecule has 8 nitrogen and oxygen atoms in total. The fourth-order valence-corrected chi connectivity index (χ4v) is 5.39. The van der Waals surface area contributed by atoms with Gasteiger partial charge in [0.2, 0.25) is 0 Å². The van der Waals surface area contributed by atoms with Gasteiger partial charge in [0.1, 0.15) is 0 Å². The van der Waals surface area contributed by atoms with Crippen LogP contribution in [0.3, 0.4) is 0 Å². The van der Waals surface area contributed by atoms with Crippen molar-refractivity contribution in [3.63, 3.8) is 0 Å². The molecule has 2 aliphatic carbocycles. The molecule has 1 heterocycles. The molecule has 1 atom stereocenters. The van der Waals surface area contributed by atoms with Crippen LogP contribution in [0, 0.1) is 0 Å². The van der Waals surface area contributed by atoms with E-state index in [1.54, 1.807) is 7.05 Å². The number of nitrogens with zero attached hydrogens (tertiary/aromatic N) is 3. The summed E-state index contributed by atoms with van der Waals surface area (Å²) in [6, 6.07) is 12.0. The van der Waals surface area contributed by atoms with Gasteiger partial charge < -0.3 is 16.8 Å². The molecule has 0 fully saturated rings. The molecule has 178 valence electrons. The van der Waals surface area contributed by atoms with E-state index in [0.29, 0.717) is 23.5 Å². The first-order valence-electron chi connectivity index (χ1n) is 11.7. The zero-order chi connectivity index (χ0) is 24.6. The van der Waals surface area contributed by atoms with Crippen molar-refractivity contribution in [1.29, 1.82) is 0 Å². The highest BCUT2D eigenvalue weighted by Gasteiger charge is 2.45. The zero-order valence-electron chi connectivity index (χ0n) is 19.8. The zero-order valence-corrected chi connectivity index (χ0v) is 19.8. The fourth-order valence-electron chi connectivity index (χ4n) is 5.39. The van der Waals surface area contributed by atoms with E-state index in [4.69, 9.17) is 11.5 Å². The van der Waals surface area contributed by atoms with Crippen LogP contribution >= 0.6 is 0 Å². The highest BCUT2D eigenvalue weighted by Crippen LogP contribution is 2.48. The first-order chi connectivity index (χ1) is 16.9. The number of fused-ring (bicyclic) bond motifs is 2. The van der Waals surface area contributed by atoms with Crippen molar-refractivity contribution in [3.8, 4) is 0 Å². The third-order valence-electron chi connectivity index (χ3n) is 7.19. The van der Waals surface area contributed by atoms with Gasteiger partial charge in [0.05, 0.1) is 5.41 Å². The van der Waals surface area contributed by atoms with E-state index in [0.717, 1.165) is 59.2 Å². The summed E-state index contributed by atoms with van der Waals surface area (Å²) < 4.78 is 0. The van der Waals surface area contributed by atoms with Crippen LogP contribution in [-0.4, -0.2) is 33.6 Å². The summed E-state index contributed by atoms with van der Waals surface area (Å²) in [4.78, 5) is 12.5. The number of rotatable bonds is 5. The molecule has 0 saturated heterocycles. The molecule has 8 heteroatoms. The van der Waals surface area contributed by atoms with Gasteiger partial charge in [0.25, 0.3) is 5.91 Å². The second-order valence-electron chi connectivity index (χ2n) is 9.17. The summed E-state index contributed by atoms with van der Waals surface area (Å²) in [7, 11) is 1.64. The van der Waals surface area contributed by atoms with Gasteiger partial charge in [0.15, 0.2) is 5.82 Å². The molecule has 2 aromatic carbocycles. The average Bonchev–Trinajstić information content (AvgIpc) is 3.59. The molecule has 0 spiro atoms. The maximum absolute atomic E-state index is 12.5. The second kappa shape index (κ2) is 8.87. The molecular formula is C27H29N7O. The number of hydrogen-bond donors (Lipinski definition) is 4. The molecule has 6 N–H and O–H groups in total. The number of hydrogen-bond acceptors (Lipinski definition) is 6. The number of tetrazole rings is 1. The van der Waals surface area contributed by atoms with Crippen LogP contribution in [0.2, 0.25) is 0 Å². The predicted octanol–water partition coefficient (Wildman–Crippen LogP) is 2.87. The van der Waals surface area contributed by atoms with Crippen LogP contribution in [0.25, 0.3) is 5.70 Å². The quantitative estimate of drug-likeness (QED) is 0.426. The minimum Gasteiger partial charge on any atom is -0.402 e. The highest BCUT2D eigenvalue weighted by atomic mass is 16.1. The maximum Gasteiger partial charge on any atom is 0.251 e. The van der Waals surface area contributed by atoms with Gasteiger partial charge in [-0.15, -0.1) is 10.2 Å². The van der Waals surface area contributed by atoms with Gasteiger partial charge in [-0.3, -0.25) is 4.79 Å². The van der Waals surface area contributed by atoms with E-state index in [2.05, 4.69) is 56.8 Å². The van der Waals surface area contributed by atoms with E-state index in [1.807, 2.05) is 24.3 Å². The summed E-state index contributed by atoms with van der Waals surface area (Å²) >= 11 is 0. The number of H-pyrrole nitrogens is 1. The Balaban J connectivity index is 1.81. The number of aryl methyl sites for hydroxylation is 2. The van der Waals surface area contributed by atoms with E-state index in [-0.39, 0.29) is 5.91 Å². The normalized spacial score (nSPS) is 18.5. The Kier molecular flexibility index (Phi) is 5.72. The third-order valence-corrected chi connectivity index (χ3v) is 7.19. The Hall–Kier alpha value is -4.20.